The molecule has 3 rings (SSSR count). The average molecular weight is 420 g/mol. The van der Waals surface area contributed by atoms with Crippen LogP contribution >= 0.6 is 27.7 Å². The molecule has 0 radical (unpaired) electrons. The van der Waals surface area contributed by atoms with Crippen molar-refractivity contribution in [3.8, 4) is 0 Å². The number of amides is 1. The van der Waals surface area contributed by atoms with E-state index < -0.39 is 11.1 Å². The van der Waals surface area contributed by atoms with Crippen molar-refractivity contribution >= 4 is 50.3 Å². The van der Waals surface area contributed by atoms with Crippen LogP contribution in [0.15, 0.2) is 55.4 Å². The van der Waals surface area contributed by atoms with Crippen LogP contribution < -0.4 is 16.4 Å². The van der Waals surface area contributed by atoms with E-state index in [4.69, 9.17) is 0 Å². The van der Waals surface area contributed by atoms with Gasteiger partial charge in [-0.15, -0.1) is 11.8 Å². The van der Waals surface area contributed by atoms with E-state index in [9.17, 15) is 14.4 Å². The highest BCUT2D eigenvalue weighted by Crippen LogP contribution is 2.28. The number of aromatic nitrogens is 2. The molecule has 3 N–H and O–H groups in total. The Bertz CT molecular complexity index is 1060. The van der Waals surface area contributed by atoms with E-state index in [0.717, 1.165) is 20.6 Å². The van der Waals surface area contributed by atoms with Gasteiger partial charge in [0.05, 0.1) is 11.0 Å². The van der Waals surface area contributed by atoms with E-state index in [1.165, 1.54) is 6.92 Å². The number of hydrogen-bond acceptors (Lipinski definition) is 4. The quantitative estimate of drug-likeness (QED) is 0.446. The van der Waals surface area contributed by atoms with Crippen molar-refractivity contribution in [3.05, 3.63) is 67.1 Å². The molecular weight excluding hydrogens is 406 g/mol. The molecule has 0 aliphatic heterocycles. The van der Waals surface area contributed by atoms with E-state index in [-0.39, 0.29) is 5.91 Å². The lowest BCUT2D eigenvalue weighted by Crippen LogP contribution is -2.29. The lowest BCUT2D eigenvalue weighted by atomic mass is 10.2. The van der Waals surface area contributed by atoms with Crippen LogP contribution in [0.25, 0.3) is 11.0 Å². The van der Waals surface area contributed by atoms with Gasteiger partial charge in [-0.1, -0.05) is 15.9 Å². The number of hydrogen-bond donors (Lipinski definition) is 3. The van der Waals surface area contributed by atoms with Crippen LogP contribution in [-0.2, 0) is 10.5 Å². The van der Waals surface area contributed by atoms with Crippen LogP contribution in [-0.4, -0.2) is 15.9 Å². The molecule has 6 nitrogen and oxygen atoms in total. The summed E-state index contributed by atoms with van der Waals surface area (Å²) in [5.74, 6) is 0.496. The fourth-order valence-corrected chi connectivity index (χ4v) is 3.76. The Morgan fingerprint density at radius 2 is 1.80 bits per heavy atom. The molecule has 3 aromatic rings. The maximum Gasteiger partial charge on any atom is 0.314 e. The number of H-pyrrole nitrogens is 2. The normalized spacial score (nSPS) is 10.8. The molecule has 1 heterocycles. The van der Waals surface area contributed by atoms with Crippen molar-refractivity contribution < 1.29 is 4.79 Å². The molecule has 1 amide bonds. The summed E-state index contributed by atoms with van der Waals surface area (Å²) in [6, 6.07) is 11.2. The Kier molecular flexibility index (Phi) is 5.10. The number of nitrogens with one attached hydrogen (secondary N) is 3. The van der Waals surface area contributed by atoms with Crippen LogP contribution in [0.3, 0.4) is 0 Å². The highest BCUT2D eigenvalue weighted by molar-refractivity contribution is 9.10. The Labute approximate surface area is 155 Å². The van der Waals surface area contributed by atoms with Crippen LogP contribution in [0.1, 0.15) is 12.5 Å². The molecule has 0 fully saturated rings. The molecule has 0 unspecified atom stereocenters. The maximum absolute atomic E-state index is 11.6. The fourth-order valence-electron chi connectivity index (χ4n) is 2.37. The Morgan fingerprint density at radius 3 is 2.48 bits per heavy atom. The third-order valence-corrected chi connectivity index (χ3v) is 4.97. The van der Waals surface area contributed by atoms with E-state index in [1.807, 2.05) is 30.3 Å². The number of rotatable bonds is 4. The van der Waals surface area contributed by atoms with Gasteiger partial charge in [0.25, 0.3) is 0 Å². The molecule has 0 aliphatic rings. The minimum Gasteiger partial charge on any atom is -0.326 e. The first kappa shape index (κ1) is 17.5. The number of carbonyl (C=O) groups is 1. The molecule has 0 bridgehead atoms. The summed E-state index contributed by atoms with van der Waals surface area (Å²) in [7, 11) is 0. The van der Waals surface area contributed by atoms with E-state index in [2.05, 4.69) is 31.2 Å². The number of aromatic amines is 2. The number of thioether (sulfide) groups is 1. The summed E-state index contributed by atoms with van der Waals surface area (Å²) in [6.45, 7) is 1.46. The Hall–Kier alpha value is -2.32. The number of benzene rings is 2. The predicted octanol–water partition coefficient (Wildman–Crippen LogP) is 3.23. The van der Waals surface area contributed by atoms with Gasteiger partial charge >= 0.3 is 11.1 Å². The van der Waals surface area contributed by atoms with Gasteiger partial charge in [-0.3, -0.25) is 14.4 Å². The molecule has 2 aromatic carbocycles. The summed E-state index contributed by atoms with van der Waals surface area (Å²) >= 11 is 5.01. The molecule has 0 saturated heterocycles. The molecule has 0 atom stereocenters. The van der Waals surface area contributed by atoms with Crippen molar-refractivity contribution in [3.63, 3.8) is 0 Å². The number of fused-ring (bicyclic) bond motifs is 1. The summed E-state index contributed by atoms with van der Waals surface area (Å²) in [4.78, 5) is 40.4. The third-order valence-electron chi connectivity index (χ3n) is 3.45. The summed E-state index contributed by atoms with van der Waals surface area (Å²) < 4.78 is 0.819. The minimum atomic E-state index is -0.669. The first-order chi connectivity index (χ1) is 11.9. The SMILES string of the molecule is CC(=O)Nc1ccc(SCc2cc(Br)cc3[nH]c(=O)c(=O)[nH]c23)cc1. The van der Waals surface area contributed by atoms with E-state index in [0.29, 0.717) is 16.8 Å². The second-order valence-corrected chi connectivity index (χ2v) is 7.35. The average Bonchev–Trinajstić information content (AvgIpc) is 2.55. The highest BCUT2D eigenvalue weighted by Gasteiger charge is 2.08. The second kappa shape index (κ2) is 7.28. The van der Waals surface area contributed by atoms with Crippen LogP contribution in [0.4, 0.5) is 5.69 Å². The minimum absolute atomic E-state index is 0.112. The molecule has 0 aliphatic carbocycles. The van der Waals surface area contributed by atoms with Gasteiger partial charge < -0.3 is 15.3 Å². The molecular formula is C17H14BrN3O3S. The fraction of sp³-hybridized carbons (Fsp3) is 0.118. The number of anilines is 1. The smallest absolute Gasteiger partial charge is 0.314 e. The number of carbonyl (C=O) groups excluding carboxylic acids is 1. The lowest BCUT2D eigenvalue weighted by Gasteiger charge is -2.08. The second-order valence-electron chi connectivity index (χ2n) is 5.39. The van der Waals surface area contributed by atoms with E-state index in [1.54, 1.807) is 17.8 Å². The van der Waals surface area contributed by atoms with Gasteiger partial charge in [0, 0.05) is 27.7 Å². The van der Waals surface area contributed by atoms with Crippen molar-refractivity contribution in [2.75, 3.05) is 5.32 Å². The lowest BCUT2D eigenvalue weighted by molar-refractivity contribution is -0.114. The highest BCUT2D eigenvalue weighted by atomic mass is 79.9. The van der Waals surface area contributed by atoms with Crippen molar-refractivity contribution in [2.24, 2.45) is 0 Å². The van der Waals surface area contributed by atoms with Gasteiger partial charge in [0.1, 0.15) is 0 Å². The topological polar surface area (TPSA) is 94.8 Å². The van der Waals surface area contributed by atoms with Gasteiger partial charge in [-0.05, 0) is 42.0 Å². The van der Waals surface area contributed by atoms with Crippen LogP contribution in [0.2, 0.25) is 0 Å². The van der Waals surface area contributed by atoms with Crippen molar-refractivity contribution in [2.45, 2.75) is 17.6 Å². The third kappa shape index (κ3) is 4.21. The molecule has 128 valence electrons. The summed E-state index contributed by atoms with van der Waals surface area (Å²) in [5.41, 5.74) is 1.50. The maximum atomic E-state index is 11.6. The molecule has 1 aromatic heterocycles. The molecule has 0 spiro atoms. The molecule has 8 heteroatoms. The first-order valence-electron chi connectivity index (χ1n) is 7.37. The van der Waals surface area contributed by atoms with Crippen LogP contribution in [0, 0.1) is 0 Å². The van der Waals surface area contributed by atoms with Gasteiger partial charge in [0.15, 0.2) is 0 Å². The Morgan fingerprint density at radius 1 is 1.12 bits per heavy atom. The largest absolute Gasteiger partial charge is 0.326 e. The predicted molar refractivity (Wildman–Crippen MR) is 103 cm³/mol. The monoisotopic (exact) mass is 419 g/mol. The zero-order valence-corrected chi connectivity index (χ0v) is 15.6. The molecule has 0 saturated carbocycles. The first-order valence-corrected chi connectivity index (χ1v) is 9.15. The Balaban J connectivity index is 1.85. The van der Waals surface area contributed by atoms with Crippen molar-refractivity contribution in [1.82, 2.24) is 9.97 Å². The molecule has 25 heavy (non-hydrogen) atoms. The summed E-state index contributed by atoms with van der Waals surface area (Å²) in [5, 5.41) is 2.72. The zero-order valence-electron chi connectivity index (χ0n) is 13.2. The number of halogens is 1. The van der Waals surface area contributed by atoms with E-state index >= 15 is 0 Å². The van der Waals surface area contributed by atoms with Crippen molar-refractivity contribution in [1.29, 1.82) is 0 Å². The van der Waals surface area contributed by atoms with Crippen LogP contribution in [0.5, 0.6) is 0 Å². The van der Waals surface area contributed by atoms with Gasteiger partial charge in [0.2, 0.25) is 5.91 Å². The van der Waals surface area contributed by atoms with Gasteiger partial charge in [-0.25, -0.2) is 0 Å². The standard InChI is InChI=1S/C17H14BrN3O3S/c1-9(22)19-12-2-4-13(5-3-12)25-8-10-6-11(18)7-14-15(10)21-17(24)16(23)20-14/h2-7H,8H2,1H3,(H,19,22)(H,20,23)(H,21,24). The zero-order chi connectivity index (χ0) is 18.0. The summed E-state index contributed by atoms with van der Waals surface area (Å²) in [6.07, 6.45) is 0. The van der Waals surface area contributed by atoms with Gasteiger partial charge in [-0.2, -0.15) is 0 Å².